The van der Waals surface area contributed by atoms with Crippen molar-refractivity contribution in [3.05, 3.63) is 17.6 Å². The van der Waals surface area contributed by atoms with Gasteiger partial charge in [-0.05, 0) is 19.8 Å². The molecule has 0 aliphatic carbocycles. The van der Waals surface area contributed by atoms with Crippen molar-refractivity contribution in [1.29, 1.82) is 0 Å². The van der Waals surface area contributed by atoms with Crippen molar-refractivity contribution in [1.82, 2.24) is 10.0 Å². The van der Waals surface area contributed by atoms with Crippen LogP contribution in [0.5, 0.6) is 0 Å². The van der Waals surface area contributed by atoms with E-state index in [-0.39, 0.29) is 4.90 Å². The second-order valence-corrected chi connectivity index (χ2v) is 7.00. The van der Waals surface area contributed by atoms with E-state index in [0.29, 0.717) is 37.3 Å². The Morgan fingerprint density at radius 1 is 1.33 bits per heavy atom. The van der Waals surface area contributed by atoms with Crippen LogP contribution in [0.4, 0.5) is 0 Å². The monoisotopic (exact) mass is 318 g/mol. The van der Waals surface area contributed by atoms with Crippen LogP contribution in [0.1, 0.15) is 38.2 Å². The van der Waals surface area contributed by atoms with Crippen LogP contribution >= 0.6 is 0 Å². The summed E-state index contributed by atoms with van der Waals surface area (Å²) in [6.45, 7) is 7.26. The van der Waals surface area contributed by atoms with Gasteiger partial charge in [0.25, 0.3) is 0 Å². The molecule has 1 heterocycles. The highest BCUT2D eigenvalue weighted by atomic mass is 32.2. The van der Waals surface area contributed by atoms with Crippen LogP contribution in [0.2, 0.25) is 0 Å². The molecular weight excluding hydrogens is 292 g/mol. The SMILES string of the molecule is COCCCCNS(=O)(=O)c1cc(CNC(C)C)oc1C. The molecule has 0 bridgehead atoms. The predicted octanol–water partition coefficient (Wildman–Crippen LogP) is 1.79. The smallest absolute Gasteiger partial charge is 0.244 e. The molecule has 0 saturated carbocycles. The van der Waals surface area contributed by atoms with Gasteiger partial charge in [-0.25, -0.2) is 13.1 Å². The molecule has 6 nitrogen and oxygen atoms in total. The second kappa shape index (κ2) is 8.53. The number of rotatable bonds is 10. The van der Waals surface area contributed by atoms with E-state index in [1.807, 2.05) is 13.8 Å². The normalized spacial score (nSPS) is 12.2. The maximum absolute atomic E-state index is 12.2. The number of sulfonamides is 1. The summed E-state index contributed by atoms with van der Waals surface area (Å²) in [7, 11) is -1.88. The van der Waals surface area contributed by atoms with Gasteiger partial charge in [0.2, 0.25) is 10.0 Å². The number of methoxy groups -OCH3 is 1. The molecule has 2 N–H and O–H groups in total. The maximum Gasteiger partial charge on any atom is 0.244 e. The van der Waals surface area contributed by atoms with Crippen LogP contribution in [0.3, 0.4) is 0 Å². The summed E-state index contributed by atoms with van der Waals surface area (Å²) in [5.41, 5.74) is 0. The van der Waals surface area contributed by atoms with Gasteiger partial charge in [-0.1, -0.05) is 13.8 Å². The quantitative estimate of drug-likeness (QED) is 0.643. The summed E-state index contributed by atoms with van der Waals surface area (Å²) < 4.78 is 37.4. The van der Waals surface area contributed by atoms with Gasteiger partial charge in [0.05, 0.1) is 6.54 Å². The molecule has 0 spiro atoms. The number of hydrogen-bond donors (Lipinski definition) is 2. The highest BCUT2D eigenvalue weighted by Crippen LogP contribution is 2.20. The van der Waals surface area contributed by atoms with Gasteiger partial charge < -0.3 is 14.5 Å². The summed E-state index contributed by atoms with van der Waals surface area (Å²) in [6, 6.07) is 1.90. The molecule has 7 heteroatoms. The topological polar surface area (TPSA) is 80.6 Å². The van der Waals surface area contributed by atoms with E-state index in [2.05, 4.69) is 10.0 Å². The molecule has 0 atom stereocenters. The van der Waals surface area contributed by atoms with E-state index < -0.39 is 10.0 Å². The summed E-state index contributed by atoms with van der Waals surface area (Å²) in [6.07, 6.45) is 1.57. The van der Waals surface area contributed by atoms with Gasteiger partial charge in [-0.3, -0.25) is 0 Å². The van der Waals surface area contributed by atoms with Crippen LogP contribution in [-0.4, -0.2) is 34.7 Å². The van der Waals surface area contributed by atoms with Gasteiger partial charge in [-0.15, -0.1) is 0 Å². The lowest BCUT2D eigenvalue weighted by atomic mass is 10.3. The average Bonchev–Trinajstić information content (AvgIpc) is 2.78. The maximum atomic E-state index is 12.2. The van der Waals surface area contributed by atoms with E-state index in [4.69, 9.17) is 9.15 Å². The van der Waals surface area contributed by atoms with Gasteiger partial charge in [0, 0.05) is 32.4 Å². The Bertz CT molecular complexity index is 523. The summed E-state index contributed by atoms with van der Waals surface area (Å²) in [4.78, 5) is 0.217. The Morgan fingerprint density at radius 3 is 2.67 bits per heavy atom. The Labute approximate surface area is 127 Å². The average molecular weight is 318 g/mol. The zero-order valence-electron chi connectivity index (χ0n) is 13.2. The van der Waals surface area contributed by atoms with Gasteiger partial charge >= 0.3 is 0 Å². The first-order valence-corrected chi connectivity index (χ1v) is 8.66. The second-order valence-electron chi connectivity index (χ2n) is 5.27. The molecule has 0 amide bonds. The molecule has 0 aliphatic rings. The van der Waals surface area contributed by atoms with Gasteiger partial charge in [0.1, 0.15) is 16.4 Å². The molecule has 0 aromatic carbocycles. The first-order valence-electron chi connectivity index (χ1n) is 7.18. The van der Waals surface area contributed by atoms with Crippen molar-refractivity contribution in [2.45, 2.75) is 51.1 Å². The fourth-order valence-corrected chi connectivity index (χ4v) is 3.11. The minimum atomic E-state index is -3.51. The summed E-state index contributed by atoms with van der Waals surface area (Å²) >= 11 is 0. The molecule has 0 aliphatic heterocycles. The van der Waals surface area contributed by atoms with Crippen LogP contribution < -0.4 is 10.0 Å². The third-order valence-electron chi connectivity index (χ3n) is 2.96. The number of ether oxygens (including phenoxy) is 1. The third-order valence-corrected chi connectivity index (χ3v) is 4.53. The molecule has 0 saturated heterocycles. The third kappa shape index (κ3) is 6.17. The molecule has 0 fully saturated rings. The highest BCUT2D eigenvalue weighted by Gasteiger charge is 2.20. The number of unbranched alkanes of at least 4 members (excludes halogenated alkanes) is 1. The van der Waals surface area contributed by atoms with Crippen molar-refractivity contribution in [2.24, 2.45) is 0 Å². The molecule has 1 aromatic rings. The van der Waals surface area contributed by atoms with E-state index in [9.17, 15) is 8.42 Å². The van der Waals surface area contributed by atoms with E-state index in [0.717, 1.165) is 12.8 Å². The van der Waals surface area contributed by atoms with E-state index >= 15 is 0 Å². The standard InChI is InChI=1S/C14H26N2O4S/c1-11(2)15-10-13-9-14(12(3)20-13)21(17,18)16-7-5-6-8-19-4/h9,11,15-16H,5-8,10H2,1-4H3. The first kappa shape index (κ1) is 18.2. The molecule has 122 valence electrons. The Hall–Kier alpha value is -0.890. The summed E-state index contributed by atoms with van der Waals surface area (Å²) in [5.74, 6) is 1.04. The van der Waals surface area contributed by atoms with Crippen molar-refractivity contribution in [2.75, 3.05) is 20.3 Å². The first-order chi connectivity index (χ1) is 9.86. The summed E-state index contributed by atoms with van der Waals surface area (Å²) in [5, 5.41) is 3.20. The fourth-order valence-electron chi connectivity index (χ4n) is 1.84. The minimum Gasteiger partial charge on any atom is -0.464 e. The number of hydrogen-bond acceptors (Lipinski definition) is 5. The Morgan fingerprint density at radius 2 is 2.05 bits per heavy atom. The largest absolute Gasteiger partial charge is 0.464 e. The van der Waals surface area contributed by atoms with Crippen LogP contribution in [0.15, 0.2) is 15.4 Å². The molecule has 0 unspecified atom stereocenters. The van der Waals surface area contributed by atoms with Crippen molar-refractivity contribution in [3.8, 4) is 0 Å². The molecule has 1 rings (SSSR count). The van der Waals surface area contributed by atoms with Crippen LogP contribution in [0.25, 0.3) is 0 Å². The molecule has 0 radical (unpaired) electrons. The molecule has 1 aromatic heterocycles. The lowest BCUT2D eigenvalue weighted by Crippen LogP contribution is -2.25. The zero-order valence-corrected chi connectivity index (χ0v) is 14.0. The lowest BCUT2D eigenvalue weighted by Gasteiger charge is -2.05. The van der Waals surface area contributed by atoms with E-state index in [1.165, 1.54) is 0 Å². The van der Waals surface area contributed by atoms with Crippen molar-refractivity contribution >= 4 is 10.0 Å². The van der Waals surface area contributed by atoms with Crippen molar-refractivity contribution < 1.29 is 17.6 Å². The fraction of sp³-hybridized carbons (Fsp3) is 0.714. The Balaban J connectivity index is 2.61. The van der Waals surface area contributed by atoms with Crippen LogP contribution in [0, 0.1) is 6.92 Å². The minimum absolute atomic E-state index is 0.217. The molecule has 21 heavy (non-hydrogen) atoms. The number of aryl methyl sites for hydroxylation is 1. The number of nitrogens with one attached hydrogen (secondary N) is 2. The highest BCUT2D eigenvalue weighted by molar-refractivity contribution is 7.89. The lowest BCUT2D eigenvalue weighted by molar-refractivity contribution is 0.193. The number of furan rings is 1. The molecular formula is C14H26N2O4S. The zero-order chi connectivity index (χ0) is 15.9. The van der Waals surface area contributed by atoms with Gasteiger partial charge in [0.15, 0.2) is 0 Å². The predicted molar refractivity (Wildman–Crippen MR) is 81.7 cm³/mol. The Kier molecular flexibility index (Phi) is 7.37. The van der Waals surface area contributed by atoms with E-state index in [1.54, 1.807) is 20.1 Å². The van der Waals surface area contributed by atoms with Gasteiger partial charge in [-0.2, -0.15) is 0 Å². The van der Waals surface area contributed by atoms with Crippen molar-refractivity contribution in [3.63, 3.8) is 0 Å². The van der Waals surface area contributed by atoms with Crippen LogP contribution in [-0.2, 0) is 21.3 Å².